The zero-order chi connectivity index (χ0) is 19.5. The molecule has 0 radical (unpaired) electrons. The molecule has 26 heavy (non-hydrogen) atoms. The van der Waals surface area contributed by atoms with Gasteiger partial charge in [0.25, 0.3) is 0 Å². The lowest BCUT2D eigenvalue weighted by molar-refractivity contribution is -0.137. The number of piperidine rings is 1. The SMILES string of the molecule is C[Si](C)(C)C#Cc1cc(N=C2CCCCN2C(=O)O)cc(C(F)(F)F)c1. The normalized spacial score (nSPS) is 17.0. The Kier molecular flexibility index (Phi) is 5.81. The molecule has 0 saturated carbocycles. The summed E-state index contributed by atoms with van der Waals surface area (Å²) in [5, 5.41) is 9.25. The molecule has 1 aromatic rings. The molecule has 0 spiro atoms. The predicted octanol–water partition coefficient (Wildman–Crippen LogP) is 5.13. The lowest BCUT2D eigenvalue weighted by Gasteiger charge is -2.25. The van der Waals surface area contributed by atoms with Crippen LogP contribution in [0.1, 0.15) is 30.4 Å². The van der Waals surface area contributed by atoms with Crippen molar-refractivity contribution in [1.82, 2.24) is 4.90 Å². The molecule has 1 aliphatic rings. The Labute approximate surface area is 151 Å². The van der Waals surface area contributed by atoms with Gasteiger partial charge < -0.3 is 5.11 Å². The van der Waals surface area contributed by atoms with Crippen LogP contribution in [0.3, 0.4) is 0 Å². The van der Waals surface area contributed by atoms with E-state index >= 15 is 0 Å². The number of hydrogen-bond acceptors (Lipinski definition) is 2. The second-order valence-corrected chi connectivity index (χ2v) is 11.9. The highest BCUT2D eigenvalue weighted by atomic mass is 28.3. The summed E-state index contributed by atoms with van der Waals surface area (Å²) in [7, 11) is -1.75. The van der Waals surface area contributed by atoms with E-state index in [0.29, 0.717) is 19.4 Å². The maximum absolute atomic E-state index is 13.2. The predicted molar refractivity (Wildman–Crippen MR) is 97.3 cm³/mol. The molecule has 2 rings (SSSR count). The summed E-state index contributed by atoms with van der Waals surface area (Å²) in [6.45, 7) is 6.31. The fraction of sp³-hybridized carbons (Fsp3) is 0.444. The number of benzene rings is 1. The minimum absolute atomic E-state index is 0.0721. The molecule has 8 heteroatoms. The standard InChI is InChI=1S/C18H21F3N2O2Si/c1-26(2,3)9-7-13-10-14(18(19,20)21)12-15(11-13)22-16-6-4-5-8-23(16)17(24)25/h10-12H,4-6,8H2,1-3H3,(H,24,25). The van der Waals surface area contributed by atoms with Crippen LogP contribution in [0.15, 0.2) is 23.2 Å². The lowest BCUT2D eigenvalue weighted by Crippen LogP contribution is -2.39. The Morgan fingerprint density at radius 2 is 1.92 bits per heavy atom. The quantitative estimate of drug-likeness (QED) is 0.541. The molecule has 0 unspecified atom stereocenters. The van der Waals surface area contributed by atoms with E-state index in [1.54, 1.807) is 0 Å². The van der Waals surface area contributed by atoms with E-state index in [9.17, 15) is 23.1 Å². The number of aliphatic imine (C=N–C) groups is 1. The van der Waals surface area contributed by atoms with Gasteiger partial charge in [-0.1, -0.05) is 25.6 Å². The van der Waals surface area contributed by atoms with Crippen LogP contribution in [0.2, 0.25) is 19.6 Å². The van der Waals surface area contributed by atoms with Gasteiger partial charge in [-0.25, -0.2) is 9.79 Å². The number of carboxylic acid groups (broad SMARTS) is 1. The summed E-state index contributed by atoms with van der Waals surface area (Å²) < 4.78 is 39.6. The van der Waals surface area contributed by atoms with Gasteiger partial charge in [0.2, 0.25) is 0 Å². The Balaban J connectivity index is 2.51. The molecule has 1 amide bonds. The summed E-state index contributed by atoms with van der Waals surface area (Å²) >= 11 is 0. The zero-order valence-electron chi connectivity index (χ0n) is 14.9. The Bertz CT molecular complexity index is 786. The van der Waals surface area contributed by atoms with Gasteiger partial charge in [-0.2, -0.15) is 13.2 Å². The fourth-order valence-electron chi connectivity index (χ4n) is 2.46. The van der Waals surface area contributed by atoms with Gasteiger partial charge in [-0.15, -0.1) is 5.54 Å². The van der Waals surface area contributed by atoms with Gasteiger partial charge in [0, 0.05) is 18.5 Å². The van der Waals surface area contributed by atoms with Crippen LogP contribution in [0.25, 0.3) is 0 Å². The first-order chi connectivity index (χ1) is 12.0. The summed E-state index contributed by atoms with van der Waals surface area (Å²) in [4.78, 5) is 16.6. The molecule has 140 valence electrons. The maximum Gasteiger partial charge on any atom is 0.416 e. The van der Waals surface area contributed by atoms with Crippen LogP contribution in [0.5, 0.6) is 0 Å². The average Bonchev–Trinajstić information content (AvgIpc) is 2.51. The average molecular weight is 382 g/mol. The molecule has 0 bridgehead atoms. The molecule has 1 aromatic carbocycles. The summed E-state index contributed by atoms with van der Waals surface area (Å²) in [6.07, 6.45) is -3.79. The van der Waals surface area contributed by atoms with Crippen molar-refractivity contribution in [3.8, 4) is 11.5 Å². The maximum atomic E-state index is 13.2. The van der Waals surface area contributed by atoms with E-state index in [1.807, 2.05) is 19.6 Å². The number of nitrogens with zero attached hydrogens (tertiary/aromatic N) is 2. The van der Waals surface area contributed by atoms with Gasteiger partial charge in [0.05, 0.1) is 11.3 Å². The van der Waals surface area contributed by atoms with Crippen LogP contribution >= 0.6 is 0 Å². The largest absolute Gasteiger partial charge is 0.465 e. The van der Waals surface area contributed by atoms with Crippen LogP contribution in [0.4, 0.5) is 23.7 Å². The molecule has 0 atom stereocenters. The fourth-order valence-corrected chi connectivity index (χ4v) is 2.98. The number of amides is 1. The molecule has 4 nitrogen and oxygen atoms in total. The van der Waals surface area contributed by atoms with Crippen molar-refractivity contribution in [2.24, 2.45) is 4.99 Å². The Morgan fingerprint density at radius 1 is 1.23 bits per heavy atom. The van der Waals surface area contributed by atoms with Crippen LogP contribution in [-0.2, 0) is 6.18 Å². The summed E-state index contributed by atoms with van der Waals surface area (Å²) in [6, 6.07) is 3.41. The topological polar surface area (TPSA) is 52.9 Å². The Hall–Kier alpha value is -2.27. The van der Waals surface area contributed by atoms with Crippen molar-refractivity contribution >= 4 is 25.7 Å². The lowest BCUT2D eigenvalue weighted by atomic mass is 10.1. The Morgan fingerprint density at radius 3 is 2.50 bits per heavy atom. The monoisotopic (exact) mass is 382 g/mol. The van der Waals surface area contributed by atoms with Gasteiger partial charge >= 0.3 is 12.3 Å². The highest BCUT2D eigenvalue weighted by Gasteiger charge is 2.31. The highest BCUT2D eigenvalue weighted by molar-refractivity contribution is 6.83. The number of rotatable bonds is 1. The molecular weight excluding hydrogens is 361 g/mol. The molecule has 1 heterocycles. The minimum Gasteiger partial charge on any atom is -0.465 e. The third-order valence-corrected chi connectivity index (χ3v) is 4.53. The summed E-state index contributed by atoms with van der Waals surface area (Å²) in [5.41, 5.74) is 2.51. The van der Waals surface area contributed by atoms with E-state index in [-0.39, 0.29) is 17.1 Å². The molecule has 1 fully saturated rings. The van der Waals surface area contributed by atoms with Crippen LogP contribution < -0.4 is 0 Å². The van der Waals surface area contributed by atoms with E-state index < -0.39 is 25.9 Å². The van der Waals surface area contributed by atoms with E-state index in [1.165, 1.54) is 6.07 Å². The van der Waals surface area contributed by atoms with E-state index in [0.717, 1.165) is 23.5 Å². The van der Waals surface area contributed by atoms with E-state index in [4.69, 9.17) is 0 Å². The molecule has 0 aromatic heterocycles. The van der Waals surface area contributed by atoms with Gasteiger partial charge in [0.15, 0.2) is 0 Å². The number of hydrogen-bond donors (Lipinski definition) is 1. The summed E-state index contributed by atoms with van der Waals surface area (Å²) in [5.74, 6) is 3.09. The van der Waals surface area contributed by atoms with Gasteiger partial charge in [-0.3, -0.25) is 4.90 Å². The van der Waals surface area contributed by atoms with Gasteiger partial charge in [0.1, 0.15) is 13.9 Å². The molecule has 1 aliphatic heterocycles. The van der Waals surface area contributed by atoms with Gasteiger partial charge in [-0.05, 0) is 31.0 Å². The second-order valence-electron chi connectivity index (χ2n) is 7.19. The van der Waals surface area contributed by atoms with Crippen molar-refractivity contribution in [3.05, 3.63) is 29.3 Å². The smallest absolute Gasteiger partial charge is 0.416 e. The van der Waals surface area contributed by atoms with Crippen molar-refractivity contribution < 1.29 is 23.1 Å². The molecule has 1 N–H and O–H groups in total. The number of halogens is 3. The second kappa shape index (κ2) is 7.54. The molecule has 0 aliphatic carbocycles. The third kappa shape index (κ3) is 5.63. The first-order valence-corrected chi connectivity index (χ1v) is 11.8. The zero-order valence-corrected chi connectivity index (χ0v) is 15.9. The first kappa shape index (κ1) is 20.0. The molecular formula is C18H21F3N2O2Si. The van der Waals surface area contributed by atoms with Crippen molar-refractivity contribution in [1.29, 1.82) is 0 Å². The minimum atomic E-state index is -4.52. The number of alkyl halides is 3. The first-order valence-electron chi connectivity index (χ1n) is 8.29. The van der Waals surface area contributed by atoms with Crippen molar-refractivity contribution in [3.63, 3.8) is 0 Å². The molecule has 1 saturated heterocycles. The van der Waals surface area contributed by atoms with E-state index in [2.05, 4.69) is 16.5 Å². The van der Waals surface area contributed by atoms with Crippen LogP contribution in [-0.4, -0.2) is 36.6 Å². The highest BCUT2D eigenvalue weighted by Crippen LogP contribution is 2.33. The number of amidine groups is 1. The van der Waals surface area contributed by atoms with Crippen molar-refractivity contribution in [2.45, 2.75) is 45.1 Å². The van der Waals surface area contributed by atoms with Crippen molar-refractivity contribution in [2.75, 3.05) is 6.54 Å². The van der Waals surface area contributed by atoms with Crippen LogP contribution in [0, 0.1) is 11.5 Å². The third-order valence-electron chi connectivity index (χ3n) is 3.66. The number of carbonyl (C=O) groups is 1. The number of likely N-dealkylation sites (tertiary alicyclic amines) is 1.